The molecule has 0 bridgehead atoms. The highest BCUT2D eigenvalue weighted by molar-refractivity contribution is 7.92. The lowest BCUT2D eigenvalue weighted by Crippen LogP contribution is -2.41. The fraction of sp³-hybridized carbons (Fsp3) is 0.269. The molecule has 0 spiro atoms. The molecule has 0 aromatic heterocycles. The van der Waals surface area contributed by atoms with Gasteiger partial charge in [-0.2, -0.15) is 0 Å². The van der Waals surface area contributed by atoms with E-state index in [1.54, 1.807) is 37.4 Å². The van der Waals surface area contributed by atoms with E-state index in [0.29, 0.717) is 17.2 Å². The van der Waals surface area contributed by atoms with Crippen LogP contribution in [0.4, 0.5) is 5.69 Å². The number of para-hydroxylation sites is 1. The number of rotatable bonds is 10. The lowest BCUT2D eigenvalue weighted by atomic mass is 10.1. The van der Waals surface area contributed by atoms with E-state index in [0.717, 1.165) is 15.4 Å². The van der Waals surface area contributed by atoms with Crippen molar-refractivity contribution in [2.24, 2.45) is 0 Å². The second-order valence-electron chi connectivity index (χ2n) is 7.90. The number of carbonyl (C=O) groups is 1. The summed E-state index contributed by atoms with van der Waals surface area (Å²) in [6.07, 6.45) is 0. The predicted molar refractivity (Wildman–Crippen MR) is 135 cm³/mol. The summed E-state index contributed by atoms with van der Waals surface area (Å²) in [5.41, 5.74) is 2.12. The number of nitrogens with one attached hydrogen (secondary N) is 1. The topological polar surface area (TPSA) is 94.2 Å². The summed E-state index contributed by atoms with van der Waals surface area (Å²) in [6, 6.07) is 18.2. The molecule has 1 unspecified atom stereocenters. The minimum Gasteiger partial charge on any atom is -0.496 e. The van der Waals surface area contributed by atoms with Gasteiger partial charge < -0.3 is 19.5 Å². The summed E-state index contributed by atoms with van der Waals surface area (Å²) >= 11 is 0. The largest absolute Gasteiger partial charge is 0.496 e. The van der Waals surface area contributed by atoms with Gasteiger partial charge in [0.25, 0.3) is 10.0 Å². The van der Waals surface area contributed by atoms with Gasteiger partial charge >= 0.3 is 0 Å². The third-order valence-corrected chi connectivity index (χ3v) is 7.30. The number of aryl methyl sites for hydroxylation is 1. The monoisotopic (exact) mass is 498 g/mol. The first-order chi connectivity index (χ1) is 16.7. The zero-order valence-corrected chi connectivity index (χ0v) is 21.3. The first-order valence-corrected chi connectivity index (χ1v) is 12.4. The first kappa shape index (κ1) is 25.9. The number of nitrogens with zero attached hydrogens (tertiary/aromatic N) is 1. The third kappa shape index (κ3) is 5.86. The van der Waals surface area contributed by atoms with Crippen LogP contribution in [0.25, 0.3) is 0 Å². The number of hydrogen-bond donors (Lipinski definition) is 1. The number of ether oxygens (including phenoxy) is 3. The Morgan fingerprint density at radius 2 is 1.51 bits per heavy atom. The van der Waals surface area contributed by atoms with Gasteiger partial charge in [0.15, 0.2) is 11.5 Å². The minimum absolute atomic E-state index is 0.0266. The number of amides is 1. The first-order valence-electron chi connectivity index (χ1n) is 10.9. The van der Waals surface area contributed by atoms with Crippen LogP contribution < -0.4 is 23.8 Å². The van der Waals surface area contributed by atoms with Gasteiger partial charge in [0.1, 0.15) is 12.3 Å². The van der Waals surface area contributed by atoms with Crippen molar-refractivity contribution in [3.8, 4) is 17.2 Å². The van der Waals surface area contributed by atoms with Crippen molar-refractivity contribution in [2.75, 3.05) is 32.2 Å². The Labute approximate surface area is 206 Å². The number of hydrogen-bond acceptors (Lipinski definition) is 6. The molecule has 0 fully saturated rings. The van der Waals surface area contributed by atoms with Crippen LogP contribution in [0.2, 0.25) is 0 Å². The van der Waals surface area contributed by atoms with E-state index < -0.39 is 28.5 Å². The van der Waals surface area contributed by atoms with Gasteiger partial charge in [-0.05, 0) is 44.2 Å². The van der Waals surface area contributed by atoms with Crippen molar-refractivity contribution in [1.29, 1.82) is 0 Å². The number of benzene rings is 3. The molecule has 1 N–H and O–H groups in total. The molecule has 0 heterocycles. The van der Waals surface area contributed by atoms with Gasteiger partial charge in [-0.3, -0.25) is 9.10 Å². The molecule has 8 nitrogen and oxygen atoms in total. The van der Waals surface area contributed by atoms with Crippen LogP contribution in [0.5, 0.6) is 17.2 Å². The molecule has 1 atom stereocenters. The minimum atomic E-state index is -4.12. The molecule has 3 aromatic rings. The lowest BCUT2D eigenvalue weighted by Gasteiger charge is -2.26. The highest BCUT2D eigenvalue weighted by Crippen LogP contribution is 2.32. The summed E-state index contributed by atoms with van der Waals surface area (Å²) < 4.78 is 44.4. The van der Waals surface area contributed by atoms with E-state index >= 15 is 0 Å². The molecule has 0 saturated carbocycles. The Morgan fingerprint density at radius 1 is 0.886 bits per heavy atom. The Balaban J connectivity index is 1.94. The number of methoxy groups -OCH3 is 3. The maximum atomic E-state index is 13.7. The standard InChI is InChI=1S/C26H30N2O6S/c1-18-10-12-20(13-11-18)28(35(30,31)21-14-15-24(33-4)25(16-21)34-5)17-26(29)27-19(2)22-8-6-7-9-23(22)32-3/h6-16,19H,17H2,1-5H3,(H,27,29). The van der Waals surface area contributed by atoms with Crippen molar-refractivity contribution in [3.63, 3.8) is 0 Å². The van der Waals surface area contributed by atoms with Gasteiger partial charge in [0.05, 0.1) is 38.0 Å². The van der Waals surface area contributed by atoms with Crippen LogP contribution in [-0.4, -0.2) is 42.2 Å². The van der Waals surface area contributed by atoms with Crippen molar-refractivity contribution in [2.45, 2.75) is 24.8 Å². The zero-order valence-electron chi connectivity index (χ0n) is 20.4. The SMILES string of the molecule is COc1ccc(S(=O)(=O)N(CC(=O)NC(C)c2ccccc2OC)c2ccc(C)cc2)cc1OC. The summed E-state index contributed by atoms with van der Waals surface area (Å²) in [4.78, 5) is 13.0. The van der Waals surface area contributed by atoms with Crippen molar-refractivity contribution >= 4 is 21.6 Å². The number of carbonyl (C=O) groups excluding carboxylic acids is 1. The molecular weight excluding hydrogens is 468 g/mol. The van der Waals surface area contributed by atoms with Crippen LogP contribution >= 0.6 is 0 Å². The van der Waals surface area contributed by atoms with Crippen LogP contribution in [0, 0.1) is 6.92 Å². The molecular formula is C26H30N2O6S. The predicted octanol–water partition coefficient (Wildman–Crippen LogP) is 4.09. The van der Waals surface area contributed by atoms with Crippen molar-refractivity contribution in [1.82, 2.24) is 5.32 Å². The van der Waals surface area contributed by atoms with E-state index in [9.17, 15) is 13.2 Å². The molecule has 35 heavy (non-hydrogen) atoms. The molecule has 9 heteroatoms. The lowest BCUT2D eigenvalue weighted by molar-refractivity contribution is -0.120. The Morgan fingerprint density at radius 3 is 2.14 bits per heavy atom. The molecule has 0 aliphatic carbocycles. The fourth-order valence-electron chi connectivity index (χ4n) is 3.65. The van der Waals surface area contributed by atoms with Gasteiger partial charge in [-0.1, -0.05) is 35.9 Å². The smallest absolute Gasteiger partial charge is 0.264 e. The highest BCUT2D eigenvalue weighted by atomic mass is 32.2. The van der Waals surface area contributed by atoms with Crippen LogP contribution in [0.1, 0.15) is 24.1 Å². The molecule has 1 amide bonds. The molecule has 0 aliphatic heterocycles. The summed E-state index contributed by atoms with van der Waals surface area (Å²) in [5.74, 6) is 0.838. The van der Waals surface area contributed by atoms with E-state index in [4.69, 9.17) is 14.2 Å². The molecule has 3 aromatic carbocycles. The van der Waals surface area contributed by atoms with E-state index in [1.807, 2.05) is 32.0 Å². The van der Waals surface area contributed by atoms with Crippen molar-refractivity contribution < 1.29 is 27.4 Å². The fourth-order valence-corrected chi connectivity index (χ4v) is 5.09. The Kier molecular flexibility index (Phi) is 8.24. The molecule has 3 rings (SSSR count). The average Bonchev–Trinajstić information content (AvgIpc) is 2.87. The molecule has 0 saturated heterocycles. The Hall–Kier alpha value is -3.72. The van der Waals surface area contributed by atoms with Gasteiger partial charge in [0.2, 0.25) is 5.91 Å². The Bertz CT molecular complexity index is 1280. The third-order valence-electron chi connectivity index (χ3n) is 5.54. The van der Waals surface area contributed by atoms with Gasteiger partial charge in [0, 0.05) is 11.6 Å². The maximum absolute atomic E-state index is 13.7. The molecule has 0 radical (unpaired) electrons. The van der Waals surface area contributed by atoms with E-state index in [1.165, 1.54) is 32.4 Å². The van der Waals surface area contributed by atoms with Crippen LogP contribution in [0.3, 0.4) is 0 Å². The molecule has 186 valence electrons. The quantitative estimate of drug-likeness (QED) is 0.452. The second-order valence-corrected chi connectivity index (χ2v) is 9.76. The van der Waals surface area contributed by atoms with Crippen molar-refractivity contribution in [3.05, 3.63) is 77.9 Å². The maximum Gasteiger partial charge on any atom is 0.264 e. The van der Waals surface area contributed by atoms with E-state index in [-0.39, 0.29) is 10.6 Å². The van der Waals surface area contributed by atoms with Crippen LogP contribution in [0.15, 0.2) is 71.6 Å². The van der Waals surface area contributed by atoms with Gasteiger partial charge in [-0.15, -0.1) is 0 Å². The van der Waals surface area contributed by atoms with Crippen LogP contribution in [-0.2, 0) is 14.8 Å². The zero-order chi connectivity index (χ0) is 25.6. The average molecular weight is 499 g/mol. The van der Waals surface area contributed by atoms with E-state index in [2.05, 4.69) is 5.32 Å². The highest BCUT2D eigenvalue weighted by Gasteiger charge is 2.29. The summed E-state index contributed by atoms with van der Waals surface area (Å²) in [5, 5.41) is 2.88. The molecule has 0 aliphatic rings. The summed E-state index contributed by atoms with van der Waals surface area (Å²) in [7, 11) is 0.336. The normalized spacial score (nSPS) is 11.9. The summed E-state index contributed by atoms with van der Waals surface area (Å²) in [6.45, 7) is 3.30. The number of anilines is 1. The number of sulfonamides is 1. The van der Waals surface area contributed by atoms with Gasteiger partial charge in [-0.25, -0.2) is 8.42 Å². The second kappa shape index (κ2) is 11.1.